The number of hydrogen-bond donors (Lipinski definition) is 2. The molecule has 0 radical (unpaired) electrons. The van der Waals surface area contributed by atoms with E-state index in [-0.39, 0.29) is 6.04 Å². The highest BCUT2D eigenvalue weighted by Crippen LogP contribution is 2.03. The van der Waals surface area contributed by atoms with Crippen LogP contribution in [0.4, 0.5) is 0 Å². The van der Waals surface area contributed by atoms with Crippen molar-refractivity contribution in [3.8, 4) is 0 Å². The zero-order valence-corrected chi connectivity index (χ0v) is 8.25. The van der Waals surface area contributed by atoms with E-state index in [0.717, 1.165) is 32.3 Å². The van der Waals surface area contributed by atoms with Gasteiger partial charge in [0.2, 0.25) is 0 Å². The normalized spacial score (nSPS) is 16.0. The lowest BCUT2D eigenvalue weighted by Gasteiger charge is -2.12. The fourth-order valence-electron chi connectivity index (χ4n) is 1.11. The quantitative estimate of drug-likeness (QED) is 0.563. The number of rotatable bonds is 7. The predicted octanol–water partition coefficient (Wildman–Crippen LogP) is 0.868. The summed E-state index contributed by atoms with van der Waals surface area (Å²) >= 11 is 0. The molecular formula is C9H22N2O. The van der Waals surface area contributed by atoms with Gasteiger partial charge in [-0.3, -0.25) is 0 Å². The van der Waals surface area contributed by atoms with Crippen molar-refractivity contribution in [1.82, 2.24) is 0 Å². The second kappa shape index (κ2) is 7.53. The first-order chi connectivity index (χ1) is 5.66. The van der Waals surface area contributed by atoms with Gasteiger partial charge in [0.25, 0.3) is 0 Å². The van der Waals surface area contributed by atoms with E-state index in [0.29, 0.717) is 6.04 Å². The highest BCUT2D eigenvalue weighted by Gasteiger charge is 2.03. The van der Waals surface area contributed by atoms with Gasteiger partial charge in [-0.25, -0.2) is 0 Å². The summed E-state index contributed by atoms with van der Waals surface area (Å²) in [6.45, 7) is 2.83. The van der Waals surface area contributed by atoms with Crippen LogP contribution in [0.1, 0.15) is 32.6 Å². The van der Waals surface area contributed by atoms with E-state index in [2.05, 4.69) is 0 Å². The topological polar surface area (TPSA) is 61.3 Å². The van der Waals surface area contributed by atoms with Gasteiger partial charge in [-0.05, 0) is 32.6 Å². The van der Waals surface area contributed by atoms with Gasteiger partial charge >= 0.3 is 0 Å². The molecule has 3 heteroatoms. The zero-order valence-electron chi connectivity index (χ0n) is 8.25. The van der Waals surface area contributed by atoms with E-state index in [1.807, 2.05) is 6.92 Å². The first-order valence-electron chi connectivity index (χ1n) is 4.67. The van der Waals surface area contributed by atoms with Crippen LogP contribution in [0.3, 0.4) is 0 Å². The van der Waals surface area contributed by atoms with E-state index >= 15 is 0 Å². The molecular weight excluding hydrogens is 152 g/mol. The van der Waals surface area contributed by atoms with Crippen LogP contribution in [-0.4, -0.2) is 25.8 Å². The summed E-state index contributed by atoms with van der Waals surface area (Å²) < 4.78 is 4.94. The van der Waals surface area contributed by atoms with Crippen molar-refractivity contribution in [1.29, 1.82) is 0 Å². The van der Waals surface area contributed by atoms with Crippen molar-refractivity contribution < 1.29 is 4.74 Å². The molecule has 0 aromatic rings. The van der Waals surface area contributed by atoms with Crippen molar-refractivity contribution >= 4 is 0 Å². The summed E-state index contributed by atoms with van der Waals surface area (Å²) in [6, 6.07) is 0.574. The molecule has 0 rings (SSSR count). The summed E-state index contributed by atoms with van der Waals surface area (Å²) in [5.74, 6) is 0. The minimum Gasteiger partial charge on any atom is -0.385 e. The molecule has 0 fully saturated rings. The first-order valence-corrected chi connectivity index (χ1v) is 4.67. The molecule has 0 amide bonds. The maximum absolute atomic E-state index is 5.85. The molecule has 0 aliphatic carbocycles. The van der Waals surface area contributed by atoms with Crippen LogP contribution in [0.15, 0.2) is 0 Å². The average Bonchev–Trinajstić information content (AvgIpc) is 2.01. The summed E-state index contributed by atoms with van der Waals surface area (Å²) in [4.78, 5) is 0. The van der Waals surface area contributed by atoms with E-state index < -0.39 is 0 Å². The van der Waals surface area contributed by atoms with Crippen LogP contribution in [0.5, 0.6) is 0 Å². The first kappa shape index (κ1) is 11.9. The molecule has 3 nitrogen and oxygen atoms in total. The van der Waals surface area contributed by atoms with Crippen LogP contribution >= 0.6 is 0 Å². The Morgan fingerprint density at radius 2 is 1.83 bits per heavy atom. The largest absolute Gasteiger partial charge is 0.385 e. The summed E-state index contributed by atoms with van der Waals surface area (Å²) in [6.07, 6.45) is 4.15. The van der Waals surface area contributed by atoms with Gasteiger partial charge in [0.05, 0.1) is 0 Å². The zero-order chi connectivity index (χ0) is 9.40. The Hall–Kier alpha value is -0.120. The molecule has 12 heavy (non-hydrogen) atoms. The SMILES string of the molecule is COCCC[C@@H](N)CCC(C)N. The molecule has 74 valence electrons. The minimum absolute atomic E-state index is 0.276. The molecule has 0 aliphatic rings. The van der Waals surface area contributed by atoms with Crippen LogP contribution < -0.4 is 11.5 Å². The van der Waals surface area contributed by atoms with Gasteiger partial charge in [-0.15, -0.1) is 0 Å². The van der Waals surface area contributed by atoms with E-state index in [4.69, 9.17) is 16.2 Å². The third kappa shape index (κ3) is 7.98. The predicted molar refractivity (Wildman–Crippen MR) is 52.0 cm³/mol. The lowest BCUT2D eigenvalue weighted by molar-refractivity contribution is 0.190. The van der Waals surface area contributed by atoms with Crippen LogP contribution in [0.25, 0.3) is 0 Å². The standard InChI is InChI=1S/C9H22N2O/c1-8(10)5-6-9(11)4-3-7-12-2/h8-9H,3-7,10-11H2,1-2H3/t8?,9-/m1/s1. The number of nitrogens with two attached hydrogens (primary N) is 2. The molecule has 1 unspecified atom stereocenters. The van der Waals surface area contributed by atoms with Gasteiger partial charge < -0.3 is 16.2 Å². The molecule has 0 spiro atoms. The molecule has 0 saturated carbocycles. The Kier molecular flexibility index (Phi) is 7.45. The third-order valence-electron chi connectivity index (χ3n) is 1.92. The van der Waals surface area contributed by atoms with Crippen molar-refractivity contribution in [2.24, 2.45) is 11.5 Å². The maximum Gasteiger partial charge on any atom is 0.0462 e. The molecule has 0 heterocycles. The smallest absolute Gasteiger partial charge is 0.0462 e. The minimum atomic E-state index is 0.276. The van der Waals surface area contributed by atoms with Crippen LogP contribution in [0, 0.1) is 0 Å². The Balaban J connectivity index is 3.15. The molecule has 0 bridgehead atoms. The summed E-state index contributed by atoms with van der Waals surface area (Å²) in [5, 5.41) is 0. The molecule has 0 saturated heterocycles. The molecule has 4 N–H and O–H groups in total. The number of ether oxygens (including phenoxy) is 1. The Morgan fingerprint density at radius 3 is 2.33 bits per heavy atom. The Morgan fingerprint density at radius 1 is 1.17 bits per heavy atom. The van der Waals surface area contributed by atoms with Crippen molar-refractivity contribution in [3.05, 3.63) is 0 Å². The number of methoxy groups -OCH3 is 1. The molecule has 0 aliphatic heterocycles. The molecule has 0 aromatic heterocycles. The van der Waals surface area contributed by atoms with Gasteiger partial charge in [-0.1, -0.05) is 0 Å². The van der Waals surface area contributed by atoms with Gasteiger partial charge in [0.1, 0.15) is 0 Å². The van der Waals surface area contributed by atoms with Crippen LogP contribution in [0.2, 0.25) is 0 Å². The highest BCUT2D eigenvalue weighted by molar-refractivity contribution is 4.64. The number of hydrogen-bond acceptors (Lipinski definition) is 3. The highest BCUT2D eigenvalue weighted by atomic mass is 16.5. The second-order valence-corrected chi connectivity index (χ2v) is 3.45. The van der Waals surface area contributed by atoms with Crippen molar-refractivity contribution in [3.63, 3.8) is 0 Å². The molecule has 2 atom stereocenters. The maximum atomic E-state index is 5.85. The Labute approximate surface area is 75.5 Å². The van der Waals surface area contributed by atoms with E-state index in [1.54, 1.807) is 7.11 Å². The van der Waals surface area contributed by atoms with Crippen LogP contribution in [-0.2, 0) is 4.74 Å². The van der Waals surface area contributed by atoms with E-state index in [1.165, 1.54) is 0 Å². The lowest BCUT2D eigenvalue weighted by Crippen LogP contribution is -2.24. The van der Waals surface area contributed by atoms with E-state index in [9.17, 15) is 0 Å². The molecule has 0 aromatic carbocycles. The third-order valence-corrected chi connectivity index (χ3v) is 1.92. The van der Waals surface area contributed by atoms with Gasteiger partial charge in [-0.2, -0.15) is 0 Å². The van der Waals surface area contributed by atoms with Gasteiger partial charge in [0, 0.05) is 25.8 Å². The average molecular weight is 174 g/mol. The summed E-state index contributed by atoms with van der Waals surface area (Å²) in [5.41, 5.74) is 11.5. The summed E-state index contributed by atoms with van der Waals surface area (Å²) in [7, 11) is 1.72. The fourth-order valence-corrected chi connectivity index (χ4v) is 1.11. The second-order valence-electron chi connectivity index (χ2n) is 3.45. The van der Waals surface area contributed by atoms with Gasteiger partial charge in [0.15, 0.2) is 0 Å². The van der Waals surface area contributed by atoms with Crippen molar-refractivity contribution in [2.75, 3.05) is 13.7 Å². The monoisotopic (exact) mass is 174 g/mol. The van der Waals surface area contributed by atoms with Crippen molar-refractivity contribution in [2.45, 2.75) is 44.7 Å². The fraction of sp³-hybridized carbons (Fsp3) is 1.00. The Bertz CT molecular complexity index is 96.5. The lowest BCUT2D eigenvalue weighted by atomic mass is 10.0.